The Balaban J connectivity index is 2.29. The second-order valence-corrected chi connectivity index (χ2v) is 5.90. The van der Waals surface area contributed by atoms with Crippen LogP contribution < -0.4 is 0 Å². The van der Waals surface area contributed by atoms with Crippen LogP contribution in [0.15, 0.2) is 34.8 Å². The fourth-order valence-corrected chi connectivity index (χ4v) is 3.27. The molecule has 0 bridgehead atoms. The maximum atomic E-state index is 12.7. The fraction of sp³-hybridized carbons (Fsp3) is 0.250. The van der Waals surface area contributed by atoms with E-state index < -0.39 is 6.04 Å². The number of halogens is 1. The van der Waals surface area contributed by atoms with Crippen LogP contribution in [0.5, 0.6) is 0 Å². The van der Waals surface area contributed by atoms with E-state index in [2.05, 4.69) is 15.9 Å². The van der Waals surface area contributed by atoms with Crippen molar-refractivity contribution >= 4 is 38.5 Å². The lowest BCUT2D eigenvalue weighted by Gasteiger charge is -2.32. The molecule has 2 aromatic carbocycles. The number of aliphatic hydroxyl groups is 1. The third-order valence-corrected chi connectivity index (χ3v) is 4.62. The number of carbonyl (C=O) groups is 2. The van der Waals surface area contributed by atoms with E-state index in [0.29, 0.717) is 22.9 Å². The first-order valence-corrected chi connectivity index (χ1v) is 7.59. The second kappa shape index (κ2) is 5.24. The Hall–Kier alpha value is -1.72. The minimum absolute atomic E-state index is 0.226. The first-order chi connectivity index (χ1) is 10.1. The lowest BCUT2D eigenvalue weighted by Crippen LogP contribution is -2.48. The van der Waals surface area contributed by atoms with Crippen molar-refractivity contribution in [3.63, 3.8) is 0 Å². The number of benzene rings is 2. The van der Waals surface area contributed by atoms with Gasteiger partial charge in [0.25, 0.3) is 11.8 Å². The van der Waals surface area contributed by atoms with Crippen molar-refractivity contribution in [2.45, 2.75) is 19.4 Å². The Morgan fingerprint density at radius 1 is 1.14 bits per heavy atom. The van der Waals surface area contributed by atoms with Crippen LogP contribution in [0, 0.1) is 0 Å². The van der Waals surface area contributed by atoms with Gasteiger partial charge in [0.2, 0.25) is 0 Å². The minimum Gasteiger partial charge on any atom is -0.394 e. The molecule has 0 saturated heterocycles. The summed E-state index contributed by atoms with van der Waals surface area (Å²) in [5.41, 5.74) is 1.02. The van der Waals surface area contributed by atoms with Crippen molar-refractivity contribution in [1.29, 1.82) is 0 Å². The van der Waals surface area contributed by atoms with Gasteiger partial charge in [-0.3, -0.25) is 14.5 Å². The van der Waals surface area contributed by atoms with Gasteiger partial charge < -0.3 is 5.11 Å². The molecule has 5 heteroatoms. The maximum absolute atomic E-state index is 12.7. The standard InChI is InChI=1S/C16H14BrNO3/c1-2-9(8-19)18-15(20)11-5-3-4-10-13(17)7-6-12(14(10)11)16(18)21/h3-7,9,19H,2,8H2,1H3/t9-/m1/s1. The van der Waals surface area contributed by atoms with Crippen LogP contribution in [0.4, 0.5) is 0 Å². The molecule has 0 radical (unpaired) electrons. The highest BCUT2D eigenvalue weighted by molar-refractivity contribution is 9.10. The van der Waals surface area contributed by atoms with E-state index in [0.717, 1.165) is 9.86 Å². The van der Waals surface area contributed by atoms with Crippen molar-refractivity contribution in [2.75, 3.05) is 6.61 Å². The van der Waals surface area contributed by atoms with Crippen LogP contribution in [-0.4, -0.2) is 34.5 Å². The lowest BCUT2D eigenvalue weighted by molar-refractivity contribution is 0.0466. The lowest BCUT2D eigenvalue weighted by atomic mass is 9.93. The van der Waals surface area contributed by atoms with Crippen molar-refractivity contribution in [1.82, 2.24) is 4.90 Å². The maximum Gasteiger partial charge on any atom is 0.261 e. The molecule has 21 heavy (non-hydrogen) atoms. The molecule has 0 spiro atoms. The molecule has 1 N–H and O–H groups in total. The van der Waals surface area contributed by atoms with E-state index in [1.54, 1.807) is 18.2 Å². The molecule has 1 aliphatic heterocycles. The summed E-state index contributed by atoms with van der Waals surface area (Å²) in [4.78, 5) is 26.5. The van der Waals surface area contributed by atoms with E-state index in [9.17, 15) is 14.7 Å². The highest BCUT2D eigenvalue weighted by Crippen LogP contribution is 2.35. The quantitative estimate of drug-likeness (QED) is 0.868. The van der Waals surface area contributed by atoms with Crippen LogP contribution in [0.25, 0.3) is 10.8 Å². The normalized spacial score (nSPS) is 15.7. The predicted octanol–water partition coefficient (Wildman–Crippen LogP) is 2.97. The molecular weight excluding hydrogens is 334 g/mol. The van der Waals surface area contributed by atoms with Gasteiger partial charge >= 0.3 is 0 Å². The van der Waals surface area contributed by atoms with E-state index in [1.165, 1.54) is 4.90 Å². The van der Waals surface area contributed by atoms with E-state index in [-0.39, 0.29) is 18.4 Å². The summed E-state index contributed by atoms with van der Waals surface area (Å²) in [5, 5.41) is 11.0. The average molecular weight is 348 g/mol. The minimum atomic E-state index is -0.489. The highest BCUT2D eigenvalue weighted by Gasteiger charge is 2.36. The Morgan fingerprint density at radius 2 is 1.81 bits per heavy atom. The van der Waals surface area contributed by atoms with Gasteiger partial charge in [-0.25, -0.2) is 0 Å². The zero-order valence-corrected chi connectivity index (χ0v) is 13.1. The first-order valence-electron chi connectivity index (χ1n) is 6.80. The van der Waals surface area contributed by atoms with E-state index >= 15 is 0 Å². The number of hydrogen-bond donors (Lipinski definition) is 1. The summed E-state index contributed by atoms with van der Waals surface area (Å²) >= 11 is 3.45. The van der Waals surface area contributed by atoms with Crippen molar-refractivity contribution in [3.05, 3.63) is 45.9 Å². The topological polar surface area (TPSA) is 57.6 Å². The monoisotopic (exact) mass is 347 g/mol. The summed E-state index contributed by atoms with van der Waals surface area (Å²) in [6, 6.07) is 8.46. The van der Waals surface area contributed by atoms with Crippen molar-refractivity contribution in [2.24, 2.45) is 0 Å². The molecule has 0 saturated carbocycles. The summed E-state index contributed by atoms with van der Waals surface area (Å²) < 4.78 is 0.853. The van der Waals surface area contributed by atoms with Crippen LogP contribution in [0.2, 0.25) is 0 Å². The number of carbonyl (C=O) groups excluding carboxylic acids is 2. The second-order valence-electron chi connectivity index (χ2n) is 5.05. The van der Waals surface area contributed by atoms with Gasteiger partial charge in [-0.2, -0.15) is 0 Å². The predicted molar refractivity (Wildman–Crippen MR) is 83.3 cm³/mol. The SMILES string of the molecule is CC[C@H](CO)N1C(=O)c2cccc3c(Br)ccc(c23)C1=O. The van der Waals surface area contributed by atoms with Crippen LogP contribution >= 0.6 is 15.9 Å². The number of hydrogen-bond acceptors (Lipinski definition) is 3. The molecule has 2 amide bonds. The Bertz CT molecular complexity index is 730. The molecule has 0 unspecified atom stereocenters. The van der Waals surface area contributed by atoms with Gasteiger partial charge in [-0.05, 0) is 30.0 Å². The molecule has 108 valence electrons. The molecule has 1 atom stereocenters. The highest BCUT2D eigenvalue weighted by atomic mass is 79.9. The third-order valence-electron chi connectivity index (χ3n) is 3.93. The van der Waals surface area contributed by atoms with E-state index in [4.69, 9.17) is 0 Å². The van der Waals surface area contributed by atoms with Crippen molar-refractivity contribution in [3.8, 4) is 0 Å². The molecule has 1 aliphatic rings. The summed E-state index contributed by atoms with van der Waals surface area (Å²) in [5.74, 6) is -0.672. The molecule has 1 heterocycles. The van der Waals surface area contributed by atoms with Gasteiger partial charge in [0.1, 0.15) is 0 Å². The third kappa shape index (κ3) is 2.00. The Labute approximate surface area is 130 Å². The molecule has 0 aromatic heterocycles. The number of nitrogens with zero attached hydrogens (tertiary/aromatic N) is 1. The van der Waals surface area contributed by atoms with Gasteiger partial charge in [0.05, 0.1) is 12.6 Å². The summed E-state index contributed by atoms with van der Waals surface area (Å²) in [6.45, 7) is 1.62. The molecule has 0 fully saturated rings. The summed E-state index contributed by atoms with van der Waals surface area (Å²) in [6.07, 6.45) is 0.524. The van der Waals surface area contributed by atoms with Gasteiger partial charge in [-0.1, -0.05) is 35.0 Å². The number of imide groups is 1. The summed E-state index contributed by atoms with van der Waals surface area (Å²) in [7, 11) is 0. The van der Waals surface area contributed by atoms with Crippen LogP contribution in [-0.2, 0) is 0 Å². The fourth-order valence-electron chi connectivity index (χ4n) is 2.80. The van der Waals surface area contributed by atoms with Crippen molar-refractivity contribution < 1.29 is 14.7 Å². The molecule has 3 rings (SSSR count). The van der Waals surface area contributed by atoms with Gasteiger partial charge in [0.15, 0.2) is 0 Å². The zero-order chi connectivity index (χ0) is 15.1. The molecule has 0 aliphatic carbocycles. The van der Waals surface area contributed by atoms with Crippen LogP contribution in [0.3, 0.4) is 0 Å². The first kappa shape index (κ1) is 14.2. The van der Waals surface area contributed by atoms with E-state index in [1.807, 2.05) is 19.1 Å². The Kier molecular flexibility index (Phi) is 3.55. The zero-order valence-electron chi connectivity index (χ0n) is 11.5. The number of rotatable bonds is 3. The smallest absolute Gasteiger partial charge is 0.261 e. The van der Waals surface area contributed by atoms with Gasteiger partial charge in [0, 0.05) is 21.0 Å². The molecule has 2 aromatic rings. The molecule has 4 nitrogen and oxygen atoms in total. The Morgan fingerprint density at radius 3 is 2.43 bits per heavy atom. The molecular formula is C16H14BrNO3. The number of aliphatic hydroxyl groups excluding tert-OH is 1. The average Bonchev–Trinajstić information content (AvgIpc) is 2.50. The number of amides is 2. The largest absolute Gasteiger partial charge is 0.394 e. The van der Waals surface area contributed by atoms with Crippen LogP contribution in [0.1, 0.15) is 34.1 Å². The van der Waals surface area contributed by atoms with Gasteiger partial charge in [-0.15, -0.1) is 0 Å².